The molecule has 1 aliphatic rings. The lowest BCUT2D eigenvalue weighted by molar-refractivity contribution is -0.132. The minimum absolute atomic E-state index is 0.203. The number of rotatable bonds is 9. The molecule has 1 fully saturated rings. The van der Waals surface area contributed by atoms with Crippen LogP contribution in [0.3, 0.4) is 0 Å². The molecule has 0 bridgehead atoms. The Morgan fingerprint density at radius 3 is 2.70 bits per heavy atom. The second kappa shape index (κ2) is 10.8. The second-order valence-corrected chi connectivity index (χ2v) is 9.23. The van der Waals surface area contributed by atoms with E-state index in [1.54, 1.807) is 0 Å². The number of fused-ring (bicyclic) bond motifs is 1. The first-order chi connectivity index (χ1) is 16.0. The van der Waals surface area contributed by atoms with Crippen LogP contribution >= 0.6 is 0 Å². The number of benzene rings is 2. The standard InChI is InChI=1S/C26H35N5O2/c1-29(2)19-21-6-4-7-22(16-21)33-15-5-8-25-27-23-10-9-20(17-24(23)28-25)18-26(32)31-13-11-30(3)12-14-31/h4,6-7,9-10,16-17H,5,8,11-15,18-19H2,1-3H3,(H,27,28). The fourth-order valence-electron chi connectivity index (χ4n) is 4.21. The number of hydrogen-bond acceptors (Lipinski definition) is 5. The van der Waals surface area contributed by atoms with Crippen molar-refractivity contribution in [1.82, 2.24) is 24.7 Å². The number of H-pyrrole nitrogens is 1. The lowest BCUT2D eigenvalue weighted by Crippen LogP contribution is -2.47. The zero-order valence-corrected chi connectivity index (χ0v) is 20.0. The first-order valence-corrected chi connectivity index (χ1v) is 11.8. The van der Waals surface area contributed by atoms with Gasteiger partial charge in [0.25, 0.3) is 0 Å². The molecule has 176 valence electrons. The third-order valence-corrected chi connectivity index (χ3v) is 6.03. The molecule has 0 aliphatic carbocycles. The first-order valence-electron chi connectivity index (χ1n) is 11.8. The van der Waals surface area contributed by atoms with Crippen LogP contribution in [-0.4, -0.2) is 84.5 Å². The molecule has 7 heteroatoms. The van der Waals surface area contributed by atoms with Crippen LogP contribution in [0.25, 0.3) is 11.0 Å². The van der Waals surface area contributed by atoms with E-state index in [1.807, 2.05) is 29.2 Å². The predicted molar refractivity (Wildman–Crippen MR) is 132 cm³/mol. The Morgan fingerprint density at radius 1 is 1.09 bits per heavy atom. The third kappa shape index (κ3) is 6.55. The number of ether oxygens (including phenoxy) is 1. The minimum atomic E-state index is 0.203. The number of imidazole rings is 1. The van der Waals surface area contributed by atoms with Crippen molar-refractivity contribution >= 4 is 16.9 Å². The van der Waals surface area contributed by atoms with E-state index < -0.39 is 0 Å². The molecule has 1 aromatic heterocycles. The molecule has 1 amide bonds. The highest BCUT2D eigenvalue weighted by Gasteiger charge is 2.19. The van der Waals surface area contributed by atoms with Gasteiger partial charge in [-0.2, -0.15) is 0 Å². The molecule has 0 spiro atoms. The maximum Gasteiger partial charge on any atom is 0.227 e. The molecule has 0 radical (unpaired) electrons. The fourth-order valence-corrected chi connectivity index (χ4v) is 4.21. The van der Waals surface area contributed by atoms with Crippen molar-refractivity contribution in [3.63, 3.8) is 0 Å². The monoisotopic (exact) mass is 449 g/mol. The molecule has 0 atom stereocenters. The summed E-state index contributed by atoms with van der Waals surface area (Å²) in [4.78, 5) is 27.1. The van der Waals surface area contributed by atoms with Gasteiger partial charge in [-0.25, -0.2) is 4.98 Å². The smallest absolute Gasteiger partial charge is 0.227 e. The summed E-state index contributed by atoms with van der Waals surface area (Å²) in [6.45, 7) is 5.06. The molecule has 1 saturated heterocycles. The van der Waals surface area contributed by atoms with E-state index in [-0.39, 0.29) is 5.91 Å². The van der Waals surface area contributed by atoms with Crippen molar-refractivity contribution in [3.8, 4) is 5.75 Å². The molecule has 0 saturated carbocycles. The summed E-state index contributed by atoms with van der Waals surface area (Å²) < 4.78 is 5.95. The Morgan fingerprint density at radius 2 is 1.91 bits per heavy atom. The summed E-state index contributed by atoms with van der Waals surface area (Å²) in [5, 5.41) is 0. The maximum atomic E-state index is 12.6. The van der Waals surface area contributed by atoms with Crippen LogP contribution in [0.1, 0.15) is 23.4 Å². The van der Waals surface area contributed by atoms with Gasteiger partial charge in [-0.05, 0) is 63.0 Å². The molecule has 7 nitrogen and oxygen atoms in total. The van der Waals surface area contributed by atoms with Crippen molar-refractivity contribution < 1.29 is 9.53 Å². The summed E-state index contributed by atoms with van der Waals surface area (Å²) in [7, 11) is 6.23. The van der Waals surface area contributed by atoms with E-state index in [0.29, 0.717) is 13.0 Å². The number of likely N-dealkylation sites (N-methyl/N-ethyl adjacent to an activating group) is 1. The molecule has 2 heterocycles. The minimum Gasteiger partial charge on any atom is -0.494 e. The van der Waals surface area contributed by atoms with Gasteiger partial charge in [-0.3, -0.25) is 4.79 Å². The molecule has 1 aliphatic heterocycles. The molecule has 1 N–H and O–H groups in total. The average Bonchev–Trinajstić information content (AvgIpc) is 3.19. The average molecular weight is 450 g/mol. The molecule has 33 heavy (non-hydrogen) atoms. The van der Waals surface area contributed by atoms with Gasteiger partial charge in [0.15, 0.2) is 0 Å². The fraction of sp³-hybridized carbons (Fsp3) is 0.462. The van der Waals surface area contributed by atoms with Gasteiger partial charge in [0.2, 0.25) is 5.91 Å². The lowest BCUT2D eigenvalue weighted by Gasteiger charge is -2.32. The van der Waals surface area contributed by atoms with Crippen LogP contribution in [0, 0.1) is 0 Å². The lowest BCUT2D eigenvalue weighted by atomic mass is 10.1. The number of amides is 1. The molecule has 3 aromatic rings. The zero-order chi connectivity index (χ0) is 23.2. The van der Waals surface area contributed by atoms with E-state index in [4.69, 9.17) is 9.72 Å². The Bertz CT molecular complexity index is 1070. The van der Waals surface area contributed by atoms with Crippen molar-refractivity contribution in [1.29, 1.82) is 0 Å². The Kier molecular flexibility index (Phi) is 7.62. The normalized spacial score (nSPS) is 14.8. The largest absolute Gasteiger partial charge is 0.494 e. The number of hydrogen-bond donors (Lipinski definition) is 1. The third-order valence-electron chi connectivity index (χ3n) is 6.03. The van der Waals surface area contributed by atoms with Crippen LogP contribution in [0.2, 0.25) is 0 Å². The molecular weight excluding hydrogens is 414 g/mol. The topological polar surface area (TPSA) is 64.7 Å². The Balaban J connectivity index is 1.27. The maximum absolute atomic E-state index is 12.6. The second-order valence-electron chi connectivity index (χ2n) is 9.23. The van der Waals surface area contributed by atoms with Gasteiger partial charge in [0, 0.05) is 39.1 Å². The number of piperazine rings is 1. The van der Waals surface area contributed by atoms with Crippen molar-refractivity contribution in [3.05, 3.63) is 59.4 Å². The number of nitrogens with one attached hydrogen (secondary N) is 1. The van der Waals surface area contributed by atoms with Crippen molar-refractivity contribution in [2.45, 2.75) is 25.8 Å². The number of carbonyl (C=O) groups is 1. The van der Waals surface area contributed by atoms with Crippen LogP contribution in [-0.2, 0) is 24.2 Å². The Labute approximate surface area is 196 Å². The van der Waals surface area contributed by atoms with E-state index in [9.17, 15) is 4.79 Å². The van der Waals surface area contributed by atoms with E-state index >= 15 is 0 Å². The van der Waals surface area contributed by atoms with E-state index in [1.165, 1.54) is 5.56 Å². The molecule has 4 rings (SSSR count). The molecule has 2 aromatic carbocycles. The van der Waals surface area contributed by atoms with Crippen LogP contribution in [0.5, 0.6) is 5.75 Å². The number of aryl methyl sites for hydroxylation is 1. The molecule has 0 unspecified atom stereocenters. The predicted octanol–water partition coefficient (Wildman–Crippen LogP) is 2.95. The number of aromatic amines is 1. The van der Waals surface area contributed by atoms with Gasteiger partial charge in [0.1, 0.15) is 11.6 Å². The van der Waals surface area contributed by atoms with E-state index in [2.05, 4.69) is 54.1 Å². The van der Waals surface area contributed by atoms with Crippen LogP contribution in [0.15, 0.2) is 42.5 Å². The van der Waals surface area contributed by atoms with Gasteiger partial charge < -0.3 is 24.4 Å². The SMILES string of the molecule is CN(C)Cc1cccc(OCCCc2nc3ccc(CC(=O)N4CCN(C)CC4)cc3[nH]2)c1. The number of nitrogens with zero attached hydrogens (tertiary/aromatic N) is 4. The van der Waals surface area contributed by atoms with Crippen LogP contribution in [0.4, 0.5) is 0 Å². The zero-order valence-electron chi connectivity index (χ0n) is 20.0. The van der Waals surface area contributed by atoms with Crippen molar-refractivity contribution in [2.24, 2.45) is 0 Å². The van der Waals surface area contributed by atoms with Crippen LogP contribution < -0.4 is 4.74 Å². The highest BCUT2D eigenvalue weighted by atomic mass is 16.5. The quantitative estimate of drug-likeness (QED) is 0.509. The Hall–Kier alpha value is -2.90. The summed E-state index contributed by atoms with van der Waals surface area (Å²) in [6.07, 6.45) is 2.14. The van der Waals surface area contributed by atoms with Gasteiger partial charge in [0.05, 0.1) is 24.1 Å². The van der Waals surface area contributed by atoms with Gasteiger partial charge in [-0.1, -0.05) is 18.2 Å². The highest BCUT2D eigenvalue weighted by molar-refractivity contribution is 5.82. The number of carbonyl (C=O) groups excluding carboxylic acids is 1. The summed E-state index contributed by atoms with van der Waals surface area (Å²) in [5.74, 6) is 2.07. The molecular formula is C26H35N5O2. The summed E-state index contributed by atoms with van der Waals surface area (Å²) >= 11 is 0. The number of aromatic nitrogens is 2. The summed E-state index contributed by atoms with van der Waals surface area (Å²) in [6, 6.07) is 14.4. The first kappa shape index (κ1) is 23.3. The van der Waals surface area contributed by atoms with E-state index in [0.717, 1.165) is 73.7 Å². The van der Waals surface area contributed by atoms with Crippen molar-refractivity contribution in [2.75, 3.05) is 53.9 Å². The van der Waals surface area contributed by atoms with Gasteiger partial charge in [-0.15, -0.1) is 0 Å². The highest BCUT2D eigenvalue weighted by Crippen LogP contribution is 2.17. The van der Waals surface area contributed by atoms with Gasteiger partial charge >= 0.3 is 0 Å². The summed E-state index contributed by atoms with van der Waals surface area (Å²) in [5.41, 5.74) is 4.21.